The molecular formula is C25H23N3O4. The molecule has 4 aromatic rings. The molecular weight excluding hydrogens is 406 g/mol. The minimum absolute atomic E-state index is 0.125. The molecule has 0 aliphatic carbocycles. The lowest BCUT2D eigenvalue weighted by atomic mass is 10.0. The Balaban J connectivity index is 1.77. The maximum atomic E-state index is 13.3. The Bertz CT molecular complexity index is 1320. The SMILES string of the molecule is COc1ccc(NC(=O)c2c(N)c(C(=O)c3ccc(C)cc3)n3ccccc23)cc1OC. The molecule has 1 amide bonds. The van der Waals surface area contributed by atoms with E-state index in [4.69, 9.17) is 15.2 Å². The number of benzene rings is 2. The summed E-state index contributed by atoms with van der Waals surface area (Å²) >= 11 is 0. The summed E-state index contributed by atoms with van der Waals surface area (Å²) in [5.74, 6) is 0.343. The van der Waals surface area contributed by atoms with Gasteiger partial charge in [-0.25, -0.2) is 0 Å². The van der Waals surface area contributed by atoms with Crippen LogP contribution in [0.2, 0.25) is 0 Å². The average Bonchev–Trinajstić information content (AvgIpc) is 3.10. The molecule has 7 heteroatoms. The Labute approximate surface area is 185 Å². The van der Waals surface area contributed by atoms with E-state index in [0.29, 0.717) is 28.3 Å². The van der Waals surface area contributed by atoms with Crippen molar-refractivity contribution in [3.05, 3.63) is 89.2 Å². The predicted molar refractivity (Wildman–Crippen MR) is 124 cm³/mol. The molecule has 0 saturated heterocycles. The summed E-state index contributed by atoms with van der Waals surface area (Å²) in [6.45, 7) is 1.95. The monoisotopic (exact) mass is 429 g/mol. The van der Waals surface area contributed by atoms with Crippen LogP contribution in [-0.2, 0) is 0 Å². The van der Waals surface area contributed by atoms with Crippen LogP contribution >= 0.6 is 0 Å². The largest absolute Gasteiger partial charge is 0.493 e. The number of ketones is 1. The number of carbonyl (C=O) groups is 2. The normalized spacial score (nSPS) is 10.7. The van der Waals surface area contributed by atoms with Gasteiger partial charge in [-0.1, -0.05) is 35.9 Å². The van der Waals surface area contributed by atoms with E-state index in [1.807, 2.05) is 19.1 Å². The highest BCUT2D eigenvalue weighted by molar-refractivity contribution is 6.20. The molecule has 2 aromatic heterocycles. The highest BCUT2D eigenvalue weighted by Gasteiger charge is 2.26. The minimum atomic E-state index is -0.429. The summed E-state index contributed by atoms with van der Waals surface area (Å²) in [6.07, 6.45) is 1.72. The van der Waals surface area contributed by atoms with E-state index in [0.717, 1.165) is 5.56 Å². The van der Waals surface area contributed by atoms with Gasteiger partial charge < -0.3 is 24.9 Å². The Kier molecular flexibility index (Phi) is 5.55. The predicted octanol–water partition coefficient (Wildman–Crippen LogP) is 4.33. The molecule has 0 fully saturated rings. The van der Waals surface area contributed by atoms with Crippen LogP contribution < -0.4 is 20.5 Å². The smallest absolute Gasteiger partial charge is 0.259 e. The average molecular weight is 429 g/mol. The van der Waals surface area contributed by atoms with Crippen LogP contribution in [0.4, 0.5) is 11.4 Å². The fourth-order valence-corrected chi connectivity index (χ4v) is 3.65. The van der Waals surface area contributed by atoms with Crippen molar-refractivity contribution in [3.63, 3.8) is 0 Å². The Morgan fingerprint density at radius 3 is 2.34 bits per heavy atom. The van der Waals surface area contributed by atoms with Crippen molar-refractivity contribution in [3.8, 4) is 11.5 Å². The summed E-state index contributed by atoms with van der Waals surface area (Å²) in [5.41, 5.74) is 9.59. The highest BCUT2D eigenvalue weighted by atomic mass is 16.5. The van der Waals surface area contributed by atoms with Gasteiger partial charge in [0.25, 0.3) is 5.91 Å². The number of carbonyl (C=O) groups excluding carboxylic acids is 2. The third kappa shape index (κ3) is 3.65. The number of aromatic nitrogens is 1. The van der Waals surface area contributed by atoms with E-state index in [1.165, 1.54) is 14.2 Å². The number of nitrogens with two attached hydrogens (primary N) is 1. The van der Waals surface area contributed by atoms with Crippen molar-refractivity contribution in [1.29, 1.82) is 0 Å². The molecule has 162 valence electrons. The zero-order valence-electron chi connectivity index (χ0n) is 18.0. The number of fused-ring (bicyclic) bond motifs is 1. The van der Waals surface area contributed by atoms with Crippen molar-refractivity contribution < 1.29 is 19.1 Å². The van der Waals surface area contributed by atoms with Crippen LogP contribution in [0.3, 0.4) is 0 Å². The highest BCUT2D eigenvalue weighted by Crippen LogP contribution is 2.32. The molecule has 0 radical (unpaired) electrons. The Morgan fingerprint density at radius 1 is 0.938 bits per heavy atom. The van der Waals surface area contributed by atoms with Crippen LogP contribution in [0.1, 0.15) is 32.0 Å². The lowest BCUT2D eigenvalue weighted by Gasteiger charge is -2.10. The van der Waals surface area contributed by atoms with Crippen LogP contribution in [0.25, 0.3) is 5.52 Å². The Hall–Kier alpha value is -4.26. The van der Waals surface area contributed by atoms with Gasteiger partial charge in [0.15, 0.2) is 11.5 Å². The van der Waals surface area contributed by atoms with Gasteiger partial charge in [0.2, 0.25) is 5.78 Å². The number of aryl methyl sites for hydroxylation is 1. The van der Waals surface area contributed by atoms with Gasteiger partial charge in [0, 0.05) is 23.5 Å². The van der Waals surface area contributed by atoms with E-state index in [1.54, 1.807) is 59.1 Å². The second kappa shape index (κ2) is 8.47. The maximum absolute atomic E-state index is 13.3. The van der Waals surface area contributed by atoms with Crippen LogP contribution in [0, 0.1) is 6.92 Å². The fraction of sp³-hybridized carbons (Fsp3) is 0.120. The summed E-state index contributed by atoms with van der Waals surface area (Å²) in [7, 11) is 3.06. The molecule has 0 saturated carbocycles. The zero-order chi connectivity index (χ0) is 22.8. The molecule has 0 spiro atoms. The number of hydrogen-bond donors (Lipinski definition) is 2. The van der Waals surface area contributed by atoms with Gasteiger partial charge in [0.1, 0.15) is 5.69 Å². The molecule has 0 atom stereocenters. The second-order valence-corrected chi connectivity index (χ2v) is 7.31. The topological polar surface area (TPSA) is 95.1 Å². The van der Waals surface area contributed by atoms with E-state index in [-0.39, 0.29) is 22.7 Å². The maximum Gasteiger partial charge on any atom is 0.259 e. The van der Waals surface area contributed by atoms with Crippen LogP contribution in [0.15, 0.2) is 66.9 Å². The third-order valence-corrected chi connectivity index (χ3v) is 5.28. The van der Waals surface area contributed by atoms with Gasteiger partial charge in [-0.2, -0.15) is 0 Å². The first-order chi connectivity index (χ1) is 15.4. The number of hydrogen-bond acceptors (Lipinski definition) is 5. The van der Waals surface area contributed by atoms with Crippen molar-refractivity contribution in [2.45, 2.75) is 6.92 Å². The molecule has 2 heterocycles. The lowest BCUT2D eigenvalue weighted by Crippen LogP contribution is -2.14. The van der Waals surface area contributed by atoms with Crippen molar-refractivity contribution >= 4 is 28.6 Å². The number of nitrogens with zero attached hydrogens (tertiary/aromatic N) is 1. The molecule has 0 aliphatic heterocycles. The van der Waals surface area contributed by atoms with E-state index < -0.39 is 5.91 Å². The molecule has 7 nitrogen and oxygen atoms in total. The molecule has 2 aromatic carbocycles. The quantitative estimate of drug-likeness (QED) is 0.445. The summed E-state index contributed by atoms with van der Waals surface area (Å²) in [6, 6.07) is 17.6. The van der Waals surface area contributed by atoms with Gasteiger partial charge in [-0.15, -0.1) is 0 Å². The zero-order valence-corrected chi connectivity index (χ0v) is 18.0. The molecule has 0 unspecified atom stereocenters. The number of pyridine rings is 1. The number of rotatable bonds is 6. The fourth-order valence-electron chi connectivity index (χ4n) is 3.65. The second-order valence-electron chi connectivity index (χ2n) is 7.31. The van der Waals surface area contributed by atoms with Gasteiger partial charge in [0.05, 0.1) is 31.0 Å². The first-order valence-corrected chi connectivity index (χ1v) is 9.98. The van der Waals surface area contributed by atoms with E-state index in [9.17, 15) is 9.59 Å². The van der Waals surface area contributed by atoms with Crippen LogP contribution in [0.5, 0.6) is 11.5 Å². The summed E-state index contributed by atoms with van der Waals surface area (Å²) in [4.78, 5) is 26.5. The number of nitrogens with one attached hydrogen (secondary N) is 1. The molecule has 3 N–H and O–H groups in total. The van der Waals surface area contributed by atoms with Gasteiger partial charge >= 0.3 is 0 Å². The number of anilines is 2. The minimum Gasteiger partial charge on any atom is -0.493 e. The van der Waals surface area contributed by atoms with Gasteiger partial charge in [-0.3, -0.25) is 9.59 Å². The Morgan fingerprint density at radius 2 is 1.66 bits per heavy atom. The standard InChI is InChI=1S/C25H23N3O4/c1-15-7-9-16(10-8-15)24(29)23-22(26)21(18-6-4-5-13-28(18)23)25(30)27-17-11-12-19(31-2)20(14-17)32-3/h4-14H,26H2,1-3H3,(H,27,30). The third-order valence-electron chi connectivity index (χ3n) is 5.28. The number of nitrogen functional groups attached to an aromatic ring is 1. The molecule has 32 heavy (non-hydrogen) atoms. The molecule has 0 bridgehead atoms. The first-order valence-electron chi connectivity index (χ1n) is 9.98. The van der Waals surface area contributed by atoms with Crippen molar-refractivity contribution in [2.24, 2.45) is 0 Å². The lowest BCUT2D eigenvalue weighted by molar-refractivity contribution is 0.102. The first kappa shape index (κ1) is 21.0. The molecule has 4 rings (SSSR count). The number of ether oxygens (including phenoxy) is 2. The van der Waals surface area contributed by atoms with Crippen LogP contribution in [-0.4, -0.2) is 30.3 Å². The van der Waals surface area contributed by atoms with Crippen molar-refractivity contribution in [1.82, 2.24) is 4.40 Å². The molecule has 0 aliphatic rings. The van der Waals surface area contributed by atoms with E-state index in [2.05, 4.69) is 5.32 Å². The summed E-state index contributed by atoms with van der Waals surface area (Å²) < 4.78 is 12.2. The van der Waals surface area contributed by atoms with E-state index >= 15 is 0 Å². The number of methoxy groups -OCH3 is 2. The summed E-state index contributed by atoms with van der Waals surface area (Å²) in [5, 5.41) is 2.84. The number of amides is 1. The van der Waals surface area contributed by atoms with Crippen molar-refractivity contribution in [2.75, 3.05) is 25.3 Å². The van der Waals surface area contributed by atoms with Gasteiger partial charge in [-0.05, 0) is 31.2 Å².